The number of hydrogen-bond donors (Lipinski definition) is 2. The lowest BCUT2D eigenvalue weighted by Crippen LogP contribution is -2.20. The predicted octanol–water partition coefficient (Wildman–Crippen LogP) is 2.24. The van der Waals surface area contributed by atoms with E-state index in [1.54, 1.807) is 0 Å². The third kappa shape index (κ3) is 3.02. The first-order valence-corrected chi connectivity index (χ1v) is 5.41. The molecule has 0 unspecified atom stereocenters. The molecule has 2 N–H and O–H groups in total. The lowest BCUT2D eigenvalue weighted by atomic mass is 10.2. The van der Waals surface area contributed by atoms with Crippen LogP contribution in [-0.4, -0.2) is 23.2 Å². The van der Waals surface area contributed by atoms with Gasteiger partial charge in [-0.25, -0.2) is 4.79 Å². The highest BCUT2D eigenvalue weighted by Crippen LogP contribution is 2.28. The second-order valence-electron chi connectivity index (χ2n) is 3.61. The number of anilines is 2. The van der Waals surface area contributed by atoms with Crippen molar-refractivity contribution in [1.29, 1.82) is 0 Å². The first-order valence-electron chi connectivity index (χ1n) is 5.41. The number of nitrogens with zero attached hydrogens (tertiary/aromatic N) is 2. The van der Waals surface area contributed by atoms with Gasteiger partial charge in [-0.3, -0.25) is 15.4 Å². The molecule has 0 atom stereocenters. The molecule has 1 heterocycles. The molecular weight excluding hydrogens is 268 g/mol. The van der Waals surface area contributed by atoms with Crippen molar-refractivity contribution in [1.82, 2.24) is 5.16 Å². The minimum Gasteiger partial charge on any atom is -0.494 e. The topological polar surface area (TPSA) is 120 Å². The first-order chi connectivity index (χ1) is 9.60. The quantitative estimate of drug-likeness (QED) is 0.653. The number of nitro groups is 1. The van der Waals surface area contributed by atoms with Crippen molar-refractivity contribution in [2.75, 3.05) is 17.7 Å². The molecule has 0 saturated heterocycles. The fourth-order valence-electron chi connectivity index (χ4n) is 1.44. The van der Waals surface area contributed by atoms with Crippen LogP contribution in [0.25, 0.3) is 0 Å². The average Bonchev–Trinajstić information content (AvgIpc) is 2.91. The van der Waals surface area contributed by atoms with Crippen LogP contribution < -0.4 is 15.4 Å². The molecule has 1 aromatic carbocycles. The average molecular weight is 278 g/mol. The Morgan fingerprint density at radius 1 is 1.40 bits per heavy atom. The zero-order chi connectivity index (χ0) is 14.5. The van der Waals surface area contributed by atoms with Gasteiger partial charge in [-0.1, -0.05) is 5.16 Å². The number of non-ortho nitro benzene ring substituents is 1. The molecule has 2 rings (SSSR count). The van der Waals surface area contributed by atoms with Crippen LogP contribution >= 0.6 is 0 Å². The molecule has 0 aliphatic rings. The van der Waals surface area contributed by atoms with Crippen molar-refractivity contribution in [3.8, 4) is 5.75 Å². The highest BCUT2D eigenvalue weighted by Gasteiger charge is 2.13. The van der Waals surface area contributed by atoms with Crippen LogP contribution in [0.1, 0.15) is 0 Å². The molecule has 0 fully saturated rings. The number of rotatable bonds is 4. The number of nitrogens with one attached hydrogen (secondary N) is 2. The van der Waals surface area contributed by atoms with E-state index in [0.717, 1.165) is 0 Å². The standard InChI is InChI=1S/C11H10N4O5/c1-19-9-6-7(15(17)18)2-3-8(9)12-11(16)13-10-4-5-20-14-10/h2-6H,1H3,(H2,12,13,14,16). The number of carbonyl (C=O) groups is 1. The van der Waals surface area contributed by atoms with Gasteiger partial charge in [-0.05, 0) is 6.07 Å². The van der Waals surface area contributed by atoms with Crippen molar-refractivity contribution in [2.24, 2.45) is 0 Å². The van der Waals surface area contributed by atoms with Crippen molar-refractivity contribution < 1.29 is 19.0 Å². The van der Waals surface area contributed by atoms with Crippen LogP contribution in [-0.2, 0) is 0 Å². The van der Waals surface area contributed by atoms with Crippen molar-refractivity contribution in [3.05, 3.63) is 40.6 Å². The number of hydrogen-bond acceptors (Lipinski definition) is 6. The van der Waals surface area contributed by atoms with Gasteiger partial charge in [-0.15, -0.1) is 0 Å². The Labute approximate surface area is 112 Å². The molecule has 0 radical (unpaired) electrons. The molecule has 0 aliphatic heterocycles. The van der Waals surface area contributed by atoms with Crippen molar-refractivity contribution in [2.45, 2.75) is 0 Å². The Bertz CT molecular complexity index is 626. The van der Waals surface area contributed by atoms with Crippen LogP contribution in [0, 0.1) is 10.1 Å². The van der Waals surface area contributed by atoms with Crippen LogP contribution in [0.15, 0.2) is 35.1 Å². The molecule has 1 aromatic heterocycles. The Hall–Kier alpha value is -3.10. The van der Waals surface area contributed by atoms with E-state index in [4.69, 9.17) is 4.74 Å². The number of ether oxygens (including phenoxy) is 1. The highest BCUT2D eigenvalue weighted by atomic mass is 16.6. The maximum absolute atomic E-state index is 11.7. The zero-order valence-electron chi connectivity index (χ0n) is 10.3. The van der Waals surface area contributed by atoms with Crippen LogP contribution in [0.2, 0.25) is 0 Å². The fourth-order valence-corrected chi connectivity index (χ4v) is 1.44. The van der Waals surface area contributed by atoms with E-state index >= 15 is 0 Å². The van der Waals surface area contributed by atoms with E-state index in [2.05, 4.69) is 20.3 Å². The summed E-state index contributed by atoms with van der Waals surface area (Å²) in [5, 5.41) is 19.1. The van der Waals surface area contributed by atoms with Gasteiger partial charge in [0.1, 0.15) is 12.0 Å². The summed E-state index contributed by atoms with van der Waals surface area (Å²) in [6.45, 7) is 0. The molecule has 9 heteroatoms. The SMILES string of the molecule is COc1cc([N+](=O)[O-])ccc1NC(=O)Nc1ccon1. The van der Waals surface area contributed by atoms with E-state index in [9.17, 15) is 14.9 Å². The first kappa shape index (κ1) is 13.3. The Kier molecular flexibility index (Phi) is 3.80. The Morgan fingerprint density at radius 3 is 2.80 bits per heavy atom. The number of amides is 2. The predicted molar refractivity (Wildman–Crippen MR) is 68.8 cm³/mol. The number of aromatic nitrogens is 1. The molecule has 104 valence electrons. The number of carbonyl (C=O) groups excluding carboxylic acids is 1. The number of methoxy groups -OCH3 is 1. The van der Waals surface area contributed by atoms with Gasteiger partial charge >= 0.3 is 6.03 Å². The third-order valence-electron chi connectivity index (χ3n) is 2.32. The summed E-state index contributed by atoms with van der Waals surface area (Å²) in [5.74, 6) is 0.415. The molecule has 0 spiro atoms. The molecule has 0 aliphatic carbocycles. The van der Waals surface area contributed by atoms with E-state index in [0.29, 0.717) is 5.69 Å². The van der Waals surface area contributed by atoms with Gasteiger partial charge in [0.15, 0.2) is 5.82 Å². The largest absolute Gasteiger partial charge is 0.494 e. The van der Waals surface area contributed by atoms with Crippen molar-refractivity contribution in [3.63, 3.8) is 0 Å². The van der Waals surface area contributed by atoms with Crippen molar-refractivity contribution >= 4 is 23.2 Å². The summed E-state index contributed by atoms with van der Waals surface area (Å²) in [6, 6.07) is 4.73. The van der Waals surface area contributed by atoms with Gasteiger partial charge in [-0.2, -0.15) is 0 Å². The van der Waals surface area contributed by atoms with E-state index in [-0.39, 0.29) is 17.3 Å². The normalized spacial score (nSPS) is 9.85. The summed E-state index contributed by atoms with van der Waals surface area (Å²) in [4.78, 5) is 21.8. The molecular formula is C11H10N4O5. The molecule has 0 saturated carbocycles. The summed E-state index contributed by atoms with van der Waals surface area (Å²) in [6.07, 6.45) is 1.31. The molecule has 20 heavy (non-hydrogen) atoms. The van der Waals surface area contributed by atoms with Gasteiger partial charge in [0, 0.05) is 12.1 Å². The second kappa shape index (κ2) is 5.69. The zero-order valence-corrected chi connectivity index (χ0v) is 10.3. The van der Waals surface area contributed by atoms with E-state index in [1.165, 1.54) is 37.6 Å². The monoisotopic (exact) mass is 278 g/mol. The second-order valence-corrected chi connectivity index (χ2v) is 3.61. The third-order valence-corrected chi connectivity index (χ3v) is 2.32. The summed E-state index contributed by atoms with van der Waals surface area (Å²) >= 11 is 0. The maximum atomic E-state index is 11.7. The minimum atomic E-state index is -0.578. The Morgan fingerprint density at radius 2 is 2.20 bits per heavy atom. The van der Waals surface area contributed by atoms with Gasteiger partial charge in [0.2, 0.25) is 0 Å². The number of benzene rings is 1. The molecule has 0 bridgehead atoms. The smallest absolute Gasteiger partial charge is 0.325 e. The lowest BCUT2D eigenvalue weighted by molar-refractivity contribution is -0.384. The Balaban J connectivity index is 2.12. The fraction of sp³-hybridized carbons (Fsp3) is 0.0909. The molecule has 2 amide bonds. The lowest BCUT2D eigenvalue weighted by Gasteiger charge is -2.09. The highest BCUT2D eigenvalue weighted by molar-refractivity contribution is 6.00. The molecule has 2 aromatic rings. The summed E-state index contributed by atoms with van der Waals surface area (Å²) in [5.41, 5.74) is 0.156. The minimum absolute atomic E-state index is 0.135. The number of nitro benzene ring substituents is 1. The summed E-state index contributed by atoms with van der Waals surface area (Å²) < 4.78 is 9.55. The molecule has 9 nitrogen and oxygen atoms in total. The van der Waals surface area contributed by atoms with Crippen LogP contribution in [0.3, 0.4) is 0 Å². The number of urea groups is 1. The van der Waals surface area contributed by atoms with Gasteiger partial charge in [0.05, 0.1) is 23.8 Å². The van der Waals surface area contributed by atoms with Gasteiger partial charge in [0.25, 0.3) is 5.69 Å². The van der Waals surface area contributed by atoms with E-state index < -0.39 is 11.0 Å². The maximum Gasteiger partial charge on any atom is 0.325 e. The van der Waals surface area contributed by atoms with E-state index in [1.807, 2.05) is 0 Å². The van der Waals surface area contributed by atoms with Crippen LogP contribution in [0.5, 0.6) is 5.75 Å². The van der Waals surface area contributed by atoms with Crippen LogP contribution in [0.4, 0.5) is 22.0 Å². The summed E-state index contributed by atoms with van der Waals surface area (Å²) in [7, 11) is 1.35. The van der Waals surface area contributed by atoms with Gasteiger partial charge < -0.3 is 14.6 Å².